The average molecular weight is 429 g/mol. The van der Waals surface area contributed by atoms with Crippen molar-refractivity contribution in [1.82, 2.24) is 9.78 Å². The summed E-state index contributed by atoms with van der Waals surface area (Å²) in [4.78, 5) is 22.4. The molecule has 1 aliphatic rings. The SMILES string of the molecule is Cc1cc(NC(=O)COc2ccc([N+](=O)[O-])cc2Cl)n(C2CCS(=O)(=O)C2)n1. The summed E-state index contributed by atoms with van der Waals surface area (Å²) >= 11 is 5.93. The first-order valence-corrected chi connectivity index (χ1v) is 10.5. The van der Waals surface area contributed by atoms with Gasteiger partial charge >= 0.3 is 0 Å². The number of ether oxygens (including phenoxy) is 1. The van der Waals surface area contributed by atoms with Crippen LogP contribution in [0, 0.1) is 17.0 Å². The van der Waals surface area contributed by atoms with E-state index in [4.69, 9.17) is 16.3 Å². The van der Waals surface area contributed by atoms with Gasteiger partial charge in [-0.3, -0.25) is 14.9 Å². The van der Waals surface area contributed by atoms with Crippen LogP contribution in [0.15, 0.2) is 24.3 Å². The molecule has 1 atom stereocenters. The standard InChI is InChI=1S/C16H17ClN4O6S/c1-10-6-15(20(19-10)12-4-5-28(25,26)9-12)18-16(22)8-27-14-3-2-11(21(23)24)7-13(14)17/h2-3,6-7,12H,4-5,8-9H2,1H3,(H,18,22). The van der Waals surface area contributed by atoms with Crippen LogP contribution in [0.1, 0.15) is 18.2 Å². The Kier molecular flexibility index (Phi) is 5.57. The summed E-state index contributed by atoms with van der Waals surface area (Å²) in [5.41, 5.74) is 0.451. The Hall–Kier alpha value is -2.66. The second kappa shape index (κ2) is 7.76. The number of nitrogens with zero attached hydrogens (tertiary/aromatic N) is 3. The summed E-state index contributed by atoms with van der Waals surface area (Å²) < 4.78 is 30.2. The maximum atomic E-state index is 12.2. The molecule has 0 bridgehead atoms. The topological polar surface area (TPSA) is 133 Å². The van der Waals surface area contributed by atoms with E-state index in [1.807, 2.05) is 0 Å². The van der Waals surface area contributed by atoms with E-state index >= 15 is 0 Å². The summed E-state index contributed by atoms with van der Waals surface area (Å²) in [7, 11) is -3.10. The molecule has 2 aromatic rings. The molecular formula is C16H17ClN4O6S. The lowest BCUT2D eigenvalue weighted by atomic mass is 10.3. The van der Waals surface area contributed by atoms with Gasteiger partial charge in [-0.1, -0.05) is 11.6 Å². The number of nitrogens with one attached hydrogen (secondary N) is 1. The van der Waals surface area contributed by atoms with Gasteiger partial charge in [-0.05, 0) is 19.4 Å². The molecule has 28 heavy (non-hydrogen) atoms. The maximum Gasteiger partial charge on any atom is 0.271 e. The fraction of sp³-hybridized carbons (Fsp3) is 0.375. The first kappa shape index (κ1) is 20.1. The van der Waals surface area contributed by atoms with Crippen molar-refractivity contribution in [3.8, 4) is 5.75 Å². The molecule has 10 nitrogen and oxygen atoms in total. The highest BCUT2D eigenvalue weighted by Crippen LogP contribution is 2.29. The van der Waals surface area contributed by atoms with Crippen molar-refractivity contribution in [1.29, 1.82) is 0 Å². The zero-order valence-corrected chi connectivity index (χ0v) is 16.4. The smallest absolute Gasteiger partial charge is 0.271 e. The number of aromatic nitrogens is 2. The summed E-state index contributed by atoms with van der Waals surface area (Å²) in [6.07, 6.45) is 0.432. The van der Waals surface area contributed by atoms with Gasteiger partial charge in [-0.2, -0.15) is 5.10 Å². The number of nitro benzene ring substituents is 1. The van der Waals surface area contributed by atoms with Crippen molar-refractivity contribution < 1.29 is 22.9 Å². The van der Waals surface area contributed by atoms with Crippen molar-refractivity contribution in [3.63, 3.8) is 0 Å². The van der Waals surface area contributed by atoms with Crippen LogP contribution in [-0.2, 0) is 14.6 Å². The van der Waals surface area contributed by atoms with E-state index < -0.39 is 20.7 Å². The molecule has 1 aromatic carbocycles. The predicted molar refractivity (Wildman–Crippen MR) is 102 cm³/mol. The minimum Gasteiger partial charge on any atom is -0.482 e. The van der Waals surface area contributed by atoms with Crippen LogP contribution in [0.4, 0.5) is 11.5 Å². The fourth-order valence-electron chi connectivity index (χ4n) is 2.90. The van der Waals surface area contributed by atoms with E-state index in [0.29, 0.717) is 17.9 Å². The monoisotopic (exact) mass is 428 g/mol. The van der Waals surface area contributed by atoms with Crippen molar-refractivity contribution in [2.75, 3.05) is 23.4 Å². The highest BCUT2D eigenvalue weighted by molar-refractivity contribution is 7.91. The Balaban J connectivity index is 1.65. The van der Waals surface area contributed by atoms with Gasteiger partial charge in [-0.25, -0.2) is 13.1 Å². The van der Waals surface area contributed by atoms with Crippen LogP contribution in [-0.4, -0.2) is 47.1 Å². The number of non-ortho nitro benzene ring substituents is 1. The number of carbonyl (C=O) groups is 1. The van der Waals surface area contributed by atoms with E-state index in [2.05, 4.69) is 10.4 Å². The first-order chi connectivity index (χ1) is 13.1. The molecular weight excluding hydrogens is 412 g/mol. The van der Waals surface area contributed by atoms with E-state index in [9.17, 15) is 23.3 Å². The molecule has 150 valence electrons. The quantitative estimate of drug-likeness (QED) is 0.550. The average Bonchev–Trinajstić information content (AvgIpc) is 3.15. The Bertz CT molecular complexity index is 1040. The van der Waals surface area contributed by atoms with E-state index in [0.717, 1.165) is 6.07 Å². The van der Waals surface area contributed by atoms with Gasteiger partial charge < -0.3 is 10.1 Å². The second-order valence-corrected chi connectivity index (χ2v) is 9.02. The Morgan fingerprint density at radius 3 is 2.82 bits per heavy atom. The molecule has 1 unspecified atom stereocenters. The molecule has 1 aliphatic heterocycles. The lowest BCUT2D eigenvalue weighted by Crippen LogP contribution is -2.24. The van der Waals surface area contributed by atoms with Gasteiger partial charge in [-0.15, -0.1) is 0 Å². The van der Waals surface area contributed by atoms with Crippen molar-refractivity contribution in [2.45, 2.75) is 19.4 Å². The number of benzene rings is 1. The summed E-state index contributed by atoms with van der Waals surface area (Å²) in [5, 5.41) is 17.7. The normalized spacial score (nSPS) is 18.0. The minimum absolute atomic E-state index is 0.0130. The largest absolute Gasteiger partial charge is 0.482 e. The Morgan fingerprint density at radius 1 is 1.46 bits per heavy atom. The molecule has 1 saturated heterocycles. The number of nitro groups is 1. The summed E-state index contributed by atoms with van der Waals surface area (Å²) in [5.74, 6) is 0.0749. The van der Waals surface area contributed by atoms with Crippen molar-refractivity contribution >= 4 is 38.9 Å². The van der Waals surface area contributed by atoms with E-state index in [1.54, 1.807) is 13.0 Å². The van der Waals surface area contributed by atoms with Crippen LogP contribution in [0.25, 0.3) is 0 Å². The van der Waals surface area contributed by atoms with Gasteiger partial charge in [0.05, 0.1) is 33.2 Å². The molecule has 1 fully saturated rings. The van der Waals surface area contributed by atoms with Crippen LogP contribution in [0.5, 0.6) is 5.75 Å². The number of carbonyl (C=O) groups excluding carboxylic acids is 1. The summed E-state index contributed by atoms with van der Waals surface area (Å²) in [6.45, 7) is 1.35. The number of anilines is 1. The Labute approximate surface area is 165 Å². The van der Waals surface area contributed by atoms with Gasteiger partial charge in [0, 0.05) is 18.2 Å². The third kappa shape index (κ3) is 4.60. The molecule has 1 aromatic heterocycles. The molecule has 1 N–H and O–H groups in total. The van der Waals surface area contributed by atoms with Gasteiger partial charge in [0.1, 0.15) is 11.6 Å². The maximum absolute atomic E-state index is 12.2. The number of hydrogen-bond donors (Lipinski definition) is 1. The first-order valence-electron chi connectivity index (χ1n) is 8.28. The highest BCUT2D eigenvalue weighted by atomic mass is 35.5. The molecule has 1 amide bonds. The lowest BCUT2D eigenvalue weighted by Gasteiger charge is -2.14. The number of rotatable bonds is 6. The molecule has 3 rings (SSSR count). The van der Waals surface area contributed by atoms with Crippen molar-refractivity contribution in [3.05, 3.63) is 45.1 Å². The second-order valence-electron chi connectivity index (χ2n) is 6.38. The Morgan fingerprint density at radius 2 is 2.21 bits per heavy atom. The fourth-order valence-corrected chi connectivity index (χ4v) is 4.82. The third-order valence-electron chi connectivity index (χ3n) is 4.16. The third-order valence-corrected chi connectivity index (χ3v) is 6.21. The van der Waals surface area contributed by atoms with Gasteiger partial charge in [0.25, 0.3) is 11.6 Å². The molecule has 0 saturated carbocycles. The highest BCUT2D eigenvalue weighted by Gasteiger charge is 2.31. The van der Waals surface area contributed by atoms with Crippen LogP contribution in [0.2, 0.25) is 5.02 Å². The number of halogens is 1. The van der Waals surface area contributed by atoms with Crippen LogP contribution >= 0.6 is 11.6 Å². The number of aryl methyl sites for hydroxylation is 1. The number of sulfone groups is 1. The van der Waals surface area contributed by atoms with E-state index in [1.165, 1.54) is 16.8 Å². The van der Waals surface area contributed by atoms with Crippen LogP contribution < -0.4 is 10.1 Å². The lowest BCUT2D eigenvalue weighted by molar-refractivity contribution is -0.384. The molecule has 0 radical (unpaired) electrons. The molecule has 12 heteroatoms. The van der Waals surface area contributed by atoms with Gasteiger partial charge in [0.15, 0.2) is 16.4 Å². The molecule has 0 spiro atoms. The van der Waals surface area contributed by atoms with Crippen LogP contribution in [0.3, 0.4) is 0 Å². The number of amides is 1. The zero-order chi connectivity index (χ0) is 20.5. The van der Waals surface area contributed by atoms with Gasteiger partial charge in [0.2, 0.25) is 0 Å². The summed E-state index contributed by atoms with van der Waals surface area (Å²) in [6, 6.07) is 4.97. The number of hydrogen-bond acceptors (Lipinski definition) is 7. The van der Waals surface area contributed by atoms with Crippen molar-refractivity contribution in [2.24, 2.45) is 0 Å². The predicted octanol–water partition coefficient (Wildman–Crippen LogP) is 2.13. The zero-order valence-electron chi connectivity index (χ0n) is 14.8. The minimum atomic E-state index is -3.10. The van der Waals surface area contributed by atoms with E-state index in [-0.39, 0.29) is 40.6 Å². The molecule has 2 heterocycles. The molecule has 0 aliphatic carbocycles.